The summed E-state index contributed by atoms with van der Waals surface area (Å²) in [4.78, 5) is 1.85. The molecule has 0 radical (unpaired) electrons. The van der Waals surface area contributed by atoms with Crippen molar-refractivity contribution < 1.29 is 4.74 Å². The van der Waals surface area contributed by atoms with E-state index in [1.165, 1.54) is 0 Å². The first-order valence-electron chi connectivity index (χ1n) is 4.49. The Labute approximate surface area is 90.8 Å². The molecule has 0 fully saturated rings. The summed E-state index contributed by atoms with van der Waals surface area (Å²) >= 11 is 5.13. The maximum Gasteiger partial charge on any atom is 0.168 e. The molecule has 14 heavy (non-hydrogen) atoms. The number of rotatable bonds is 5. The third-order valence-corrected chi connectivity index (χ3v) is 2.12. The first kappa shape index (κ1) is 13.1. The number of methoxy groups -OCH3 is 1. The van der Waals surface area contributed by atoms with Crippen molar-refractivity contribution in [3.05, 3.63) is 0 Å². The van der Waals surface area contributed by atoms with Crippen LogP contribution in [0, 0.1) is 11.3 Å². The van der Waals surface area contributed by atoms with Crippen LogP contribution in [0.2, 0.25) is 0 Å². The molecule has 0 rings (SSSR count). The Bertz CT molecular complexity index is 215. The average molecular weight is 215 g/mol. The van der Waals surface area contributed by atoms with E-state index in [1.54, 1.807) is 7.11 Å². The molecule has 80 valence electrons. The smallest absolute Gasteiger partial charge is 0.168 e. The summed E-state index contributed by atoms with van der Waals surface area (Å²) in [5, 5.41) is 12.2. The standard InChI is InChI=1S/C9H17N3OS/c1-8(7-13-3)11-9(14)12(2)6-4-5-10/h8H,4,6-7H2,1-3H3,(H,11,14). The van der Waals surface area contributed by atoms with E-state index >= 15 is 0 Å². The van der Waals surface area contributed by atoms with Gasteiger partial charge < -0.3 is 15.0 Å². The van der Waals surface area contributed by atoms with Gasteiger partial charge in [-0.05, 0) is 19.1 Å². The second-order valence-corrected chi connectivity index (χ2v) is 3.52. The molecule has 0 aromatic heterocycles. The first-order valence-corrected chi connectivity index (χ1v) is 4.90. The molecule has 0 aromatic carbocycles. The highest BCUT2D eigenvalue weighted by Crippen LogP contribution is 1.91. The van der Waals surface area contributed by atoms with Gasteiger partial charge in [-0.25, -0.2) is 0 Å². The predicted molar refractivity (Wildman–Crippen MR) is 59.9 cm³/mol. The minimum Gasteiger partial charge on any atom is -0.383 e. The number of hydrogen-bond donors (Lipinski definition) is 1. The maximum atomic E-state index is 8.40. The molecule has 1 N–H and O–H groups in total. The Morgan fingerprint density at radius 1 is 1.71 bits per heavy atom. The summed E-state index contributed by atoms with van der Waals surface area (Å²) in [6, 6.07) is 2.27. The largest absolute Gasteiger partial charge is 0.383 e. The molecule has 1 atom stereocenters. The van der Waals surface area contributed by atoms with Crippen molar-refractivity contribution >= 4 is 17.3 Å². The Kier molecular flexibility index (Phi) is 7.07. The molecule has 0 aliphatic carbocycles. The monoisotopic (exact) mass is 215 g/mol. The fourth-order valence-electron chi connectivity index (χ4n) is 0.932. The third-order valence-electron chi connectivity index (χ3n) is 1.69. The number of nitriles is 1. The Morgan fingerprint density at radius 3 is 2.86 bits per heavy atom. The van der Waals surface area contributed by atoms with Crippen molar-refractivity contribution in [2.75, 3.05) is 27.3 Å². The van der Waals surface area contributed by atoms with Crippen molar-refractivity contribution in [1.29, 1.82) is 5.26 Å². The predicted octanol–water partition coefficient (Wildman–Crippen LogP) is 0.741. The molecule has 0 amide bonds. The van der Waals surface area contributed by atoms with Crippen LogP contribution in [0.25, 0.3) is 0 Å². The van der Waals surface area contributed by atoms with Crippen LogP contribution >= 0.6 is 12.2 Å². The zero-order valence-electron chi connectivity index (χ0n) is 8.91. The molecular weight excluding hydrogens is 198 g/mol. The molecule has 4 nitrogen and oxygen atoms in total. The Hall–Kier alpha value is -0.860. The van der Waals surface area contributed by atoms with Crippen LogP contribution < -0.4 is 5.32 Å². The van der Waals surface area contributed by atoms with E-state index < -0.39 is 0 Å². The lowest BCUT2D eigenvalue weighted by molar-refractivity contribution is 0.178. The average Bonchev–Trinajstić information content (AvgIpc) is 2.14. The summed E-state index contributed by atoms with van der Waals surface area (Å²) in [6.07, 6.45) is 0.483. The number of thiocarbonyl (C=S) groups is 1. The van der Waals surface area contributed by atoms with Crippen LogP contribution in [0.1, 0.15) is 13.3 Å². The summed E-state index contributed by atoms with van der Waals surface area (Å²) in [5.41, 5.74) is 0. The van der Waals surface area contributed by atoms with Crippen molar-refractivity contribution in [3.8, 4) is 6.07 Å². The zero-order chi connectivity index (χ0) is 11.0. The molecular formula is C9H17N3OS. The summed E-state index contributed by atoms with van der Waals surface area (Å²) < 4.78 is 4.97. The zero-order valence-corrected chi connectivity index (χ0v) is 9.73. The molecule has 1 unspecified atom stereocenters. The van der Waals surface area contributed by atoms with Gasteiger partial charge in [0.15, 0.2) is 5.11 Å². The SMILES string of the molecule is COCC(C)NC(=S)N(C)CCC#N. The molecule has 0 bridgehead atoms. The molecule has 0 spiro atoms. The minimum absolute atomic E-state index is 0.192. The molecule has 0 saturated carbocycles. The van der Waals surface area contributed by atoms with E-state index in [1.807, 2.05) is 18.9 Å². The van der Waals surface area contributed by atoms with Gasteiger partial charge in [0.1, 0.15) is 0 Å². The lowest BCUT2D eigenvalue weighted by Crippen LogP contribution is -2.43. The Balaban J connectivity index is 3.77. The lowest BCUT2D eigenvalue weighted by Gasteiger charge is -2.23. The first-order chi connectivity index (χ1) is 6.61. The highest BCUT2D eigenvalue weighted by Gasteiger charge is 2.07. The van der Waals surface area contributed by atoms with Gasteiger partial charge in [-0.1, -0.05) is 0 Å². The third kappa shape index (κ3) is 5.73. The van der Waals surface area contributed by atoms with Gasteiger partial charge in [0.25, 0.3) is 0 Å². The molecule has 0 aromatic rings. The van der Waals surface area contributed by atoms with E-state index in [0.717, 1.165) is 0 Å². The van der Waals surface area contributed by atoms with E-state index in [2.05, 4.69) is 11.4 Å². The van der Waals surface area contributed by atoms with Crippen LogP contribution in [0.15, 0.2) is 0 Å². The van der Waals surface area contributed by atoms with Gasteiger partial charge >= 0.3 is 0 Å². The molecule has 0 saturated heterocycles. The van der Waals surface area contributed by atoms with Gasteiger partial charge in [-0.2, -0.15) is 5.26 Å². The van der Waals surface area contributed by atoms with Gasteiger partial charge in [-0.3, -0.25) is 0 Å². The second kappa shape index (κ2) is 7.54. The molecule has 0 aliphatic rings. The van der Waals surface area contributed by atoms with E-state index in [9.17, 15) is 0 Å². The molecule has 0 heterocycles. The summed E-state index contributed by atoms with van der Waals surface area (Å²) in [7, 11) is 3.52. The fraction of sp³-hybridized carbons (Fsp3) is 0.778. The lowest BCUT2D eigenvalue weighted by atomic mass is 10.4. The maximum absolute atomic E-state index is 8.40. The highest BCUT2D eigenvalue weighted by molar-refractivity contribution is 7.80. The summed E-state index contributed by atoms with van der Waals surface area (Å²) in [6.45, 7) is 3.27. The van der Waals surface area contributed by atoms with E-state index in [0.29, 0.717) is 24.7 Å². The second-order valence-electron chi connectivity index (χ2n) is 3.14. The van der Waals surface area contributed by atoms with Crippen LogP contribution in [0.4, 0.5) is 0 Å². The minimum atomic E-state index is 0.192. The van der Waals surface area contributed by atoms with E-state index in [4.69, 9.17) is 22.2 Å². The van der Waals surface area contributed by atoms with Crippen molar-refractivity contribution in [1.82, 2.24) is 10.2 Å². The number of nitrogens with zero attached hydrogens (tertiary/aromatic N) is 2. The van der Waals surface area contributed by atoms with Crippen LogP contribution in [-0.2, 0) is 4.74 Å². The fourth-order valence-corrected chi connectivity index (χ4v) is 1.22. The molecule has 0 aliphatic heterocycles. The normalized spacial score (nSPS) is 11.6. The number of nitrogens with one attached hydrogen (secondary N) is 1. The van der Waals surface area contributed by atoms with E-state index in [-0.39, 0.29) is 6.04 Å². The van der Waals surface area contributed by atoms with Crippen LogP contribution in [0.3, 0.4) is 0 Å². The van der Waals surface area contributed by atoms with Crippen molar-refractivity contribution in [2.45, 2.75) is 19.4 Å². The number of hydrogen-bond acceptors (Lipinski definition) is 3. The van der Waals surface area contributed by atoms with Crippen molar-refractivity contribution in [3.63, 3.8) is 0 Å². The van der Waals surface area contributed by atoms with Gasteiger partial charge in [0.05, 0.1) is 19.1 Å². The van der Waals surface area contributed by atoms with Crippen LogP contribution in [0.5, 0.6) is 0 Å². The number of ether oxygens (including phenoxy) is 1. The van der Waals surface area contributed by atoms with Gasteiger partial charge in [0.2, 0.25) is 0 Å². The quantitative estimate of drug-likeness (QED) is 0.686. The van der Waals surface area contributed by atoms with Crippen LogP contribution in [-0.4, -0.2) is 43.4 Å². The van der Waals surface area contributed by atoms with Gasteiger partial charge in [0, 0.05) is 26.7 Å². The molecule has 5 heteroatoms. The highest BCUT2D eigenvalue weighted by atomic mass is 32.1. The summed E-state index contributed by atoms with van der Waals surface area (Å²) in [5.74, 6) is 0. The Morgan fingerprint density at radius 2 is 2.36 bits per heavy atom. The van der Waals surface area contributed by atoms with Crippen molar-refractivity contribution in [2.24, 2.45) is 0 Å². The van der Waals surface area contributed by atoms with Gasteiger partial charge in [-0.15, -0.1) is 0 Å². The topological polar surface area (TPSA) is 48.3 Å².